The Hall–Kier alpha value is -4.07. The summed E-state index contributed by atoms with van der Waals surface area (Å²) in [5.41, 5.74) is 8.04. The second-order valence-electron chi connectivity index (χ2n) is 6.27. The lowest BCUT2D eigenvalue weighted by molar-refractivity contribution is 0.0997. The van der Waals surface area contributed by atoms with Gasteiger partial charge in [0, 0.05) is 41.3 Å². The molecule has 0 bridgehead atoms. The van der Waals surface area contributed by atoms with Crippen LogP contribution in [-0.2, 0) is 0 Å². The lowest BCUT2D eigenvalue weighted by atomic mass is 10.0. The summed E-state index contributed by atoms with van der Waals surface area (Å²) in [6.45, 7) is 0. The van der Waals surface area contributed by atoms with Crippen molar-refractivity contribution in [2.45, 2.75) is 0 Å². The van der Waals surface area contributed by atoms with Crippen LogP contribution < -0.4 is 25.3 Å². The predicted molar refractivity (Wildman–Crippen MR) is 112 cm³/mol. The summed E-state index contributed by atoms with van der Waals surface area (Å²) in [7, 11) is 4.51. The van der Waals surface area contributed by atoms with Crippen molar-refractivity contribution >= 4 is 17.5 Å². The average molecular weight is 407 g/mol. The van der Waals surface area contributed by atoms with Gasteiger partial charge in [-0.2, -0.15) is 0 Å². The Morgan fingerprint density at radius 1 is 0.833 bits per heavy atom. The van der Waals surface area contributed by atoms with Crippen LogP contribution in [0.25, 0.3) is 11.1 Å². The quantitative estimate of drug-likeness (QED) is 0.622. The van der Waals surface area contributed by atoms with Gasteiger partial charge >= 0.3 is 0 Å². The summed E-state index contributed by atoms with van der Waals surface area (Å²) >= 11 is 0. The van der Waals surface area contributed by atoms with Gasteiger partial charge in [0.05, 0.1) is 26.9 Å². The van der Waals surface area contributed by atoms with Gasteiger partial charge in [0.2, 0.25) is 11.7 Å². The van der Waals surface area contributed by atoms with Crippen molar-refractivity contribution in [1.29, 1.82) is 0 Å². The Morgan fingerprint density at radius 2 is 1.47 bits per heavy atom. The highest BCUT2D eigenvalue weighted by molar-refractivity contribution is 6.05. The molecule has 8 heteroatoms. The number of nitrogens with one attached hydrogen (secondary N) is 1. The fourth-order valence-electron chi connectivity index (χ4n) is 2.91. The molecule has 0 spiro atoms. The van der Waals surface area contributed by atoms with Crippen LogP contribution in [0.4, 0.5) is 5.69 Å². The normalized spacial score (nSPS) is 10.2. The number of nitrogens with zero attached hydrogens (tertiary/aromatic N) is 1. The second kappa shape index (κ2) is 8.95. The zero-order valence-electron chi connectivity index (χ0n) is 16.8. The van der Waals surface area contributed by atoms with Gasteiger partial charge in [-0.1, -0.05) is 12.1 Å². The number of amides is 2. The van der Waals surface area contributed by atoms with Gasteiger partial charge in [-0.3, -0.25) is 14.6 Å². The molecule has 0 saturated carbocycles. The average Bonchev–Trinajstić information content (AvgIpc) is 2.78. The minimum absolute atomic E-state index is 0.354. The van der Waals surface area contributed by atoms with E-state index in [9.17, 15) is 9.59 Å². The highest BCUT2D eigenvalue weighted by atomic mass is 16.5. The maximum absolute atomic E-state index is 12.8. The Balaban J connectivity index is 1.86. The molecule has 0 unspecified atom stereocenters. The van der Waals surface area contributed by atoms with Gasteiger partial charge < -0.3 is 25.3 Å². The molecule has 0 aliphatic rings. The van der Waals surface area contributed by atoms with Crippen molar-refractivity contribution in [3.05, 3.63) is 66.0 Å². The minimum atomic E-state index is -0.502. The van der Waals surface area contributed by atoms with Gasteiger partial charge in [0.25, 0.3) is 5.91 Å². The predicted octanol–water partition coefficient (Wildman–Crippen LogP) is 3.13. The van der Waals surface area contributed by atoms with Gasteiger partial charge in [0.1, 0.15) is 0 Å². The number of aromatic nitrogens is 1. The third-order valence-electron chi connectivity index (χ3n) is 4.43. The number of pyridine rings is 1. The molecular formula is C22H21N3O5. The molecule has 154 valence electrons. The topological polar surface area (TPSA) is 113 Å². The first-order valence-electron chi connectivity index (χ1n) is 8.93. The number of methoxy groups -OCH3 is 3. The molecule has 0 aliphatic carbocycles. The van der Waals surface area contributed by atoms with E-state index in [2.05, 4.69) is 10.3 Å². The highest BCUT2D eigenvalue weighted by Gasteiger charge is 2.16. The summed E-state index contributed by atoms with van der Waals surface area (Å²) in [5.74, 6) is 0.425. The van der Waals surface area contributed by atoms with Gasteiger partial charge in [-0.05, 0) is 23.8 Å². The molecule has 0 radical (unpaired) electrons. The first kappa shape index (κ1) is 20.7. The molecular weight excluding hydrogens is 386 g/mol. The van der Waals surface area contributed by atoms with Crippen LogP contribution in [0.1, 0.15) is 20.7 Å². The van der Waals surface area contributed by atoms with Crippen molar-refractivity contribution in [2.75, 3.05) is 26.6 Å². The van der Waals surface area contributed by atoms with E-state index in [-0.39, 0.29) is 5.91 Å². The number of hydrogen-bond acceptors (Lipinski definition) is 6. The van der Waals surface area contributed by atoms with Crippen LogP contribution in [0.2, 0.25) is 0 Å². The molecule has 0 saturated heterocycles. The van der Waals surface area contributed by atoms with Gasteiger partial charge in [0.15, 0.2) is 11.5 Å². The second-order valence-corrected chi connectivity index (χ2v) is 6.27. The summed E-state index contributed by atoms with van der Waals surface area (Å²) in [5, 5.41) is 2.81. The summed E-state index contributed by atoms with van der Waals surface area (Å²) < 4.78 is 15.9. The summed E-state index contributed by atoms with van der Waals surface area (Å²) in [6.07, 6.45) is 3.10. The summed E-state index contributed by atoms with van der Waals surface area (Å²) in [6, 6.07) is 11.7. The third-order valence-corrected chi connectivity index (χ3v) is 4.43. The van der Waals surface area contributed by atoms with Crippen molar-refractivity contribution in [3.63, 3.8) is 0 Å². The molecule has 2 aromatic carbocycles. The van der Waals surface area contributed by atoms with E-state index in [4.69, 9.17) is 19.9 Å². The molecule has 8 nitrogen and oxygen atoms in total. The Morgan fingerprint density at radius 3 is 2.00 bits per heavy atom. The molecule has 0 fully saturated rings. The Kier molecular flexibility index (Phi) is 6.17. The van der Waals surface area contributed by atoms with E-state index in [1.165, 1.54) is 27.5 Å². The standard InChI is InChI=1S/C22H21N3O5/c1-28-18-9-17(10-19(29-2)20(18)30-3)25-22(27)16-8-15(11-24-12-16)13-4-6-14(7-5-13)21(23)26/h4-12H,1-3H3,(H2,23,26)(H,25,27). The van der Waals surface area contributed by atoms with Crippen molar-refractivity contribution in [2.24, 2.45) is 5.73 Å². The van der Waals surface area contributed by atoms with E-state index in [0.29, 0.717) is 34.1 Å². The van der Waals surface area contributed by atoms with Gasteiger partial charge in [-0.15, -0.1) is 0 Å². The van der Waals surface area contributed by atoms with Crippen LogP contribution >= 0.6 is 0 Å². The van der Waals surface area contributed by atoms with E-state index < -0.39 is 5.91 Å². The molecule has 1 heterocycles. The maximum atomic E-state index is 12.8. The van der Waals surface area contributed by atoms with Crippen LogP contribution in [0.3, 0.4) is 0 Å². The monoisotopic (exact) mass is 407 g/mol. The summed E-state index contributed by atoms with van der Waals surface area (Å²) in [4.78, 5) is 28.2. The number of carbonyl (C=O) groups excluding carboxylic acids is 2. The molecule has 2 amide bonds. The lowest BCUT2D eigenvalue weighted by Gasteiger charge is -2.14. The van der Waals surface area contributed by atoms with E-state index in [1.54, 1.807) is 48.7 Å². The van der Waals surface area contributed by atoms with Crippen LogP contribution in [-0.4, -0.2) is 38.1 Å². The number of primary amides is 1. The number of hydrogen-bond donors (Lipinski definition) is 2. The van der Waals surface area contributed by atoms with Crippen LogP contribution in [0.15, 0.2) is 54.9 Å². The van der Waals surface area contributed by atoms with Crippen LogP contribution in [0, 0.1) is 0 Å². The number of ether oxygens (including phenoxy) is 3. The molecule has 0 aliphatic heterocycles. The number of rotatable bonds is 7. The Bertz CT molecular complexity index is 1060. The fourth-order valence-corrected chi connectivity index (χ4v) is 2.91. The number of benzene rings is 2. The zero-order valence-corrected chi connectivity index (χ0v) is 16.8. The highest BCUT2D eigenvalue weighted by Crippen LogP contribution is 2.40. The van der Waals surface area contributed by atoms with E-state index >= 15 is 0 Å². The number of carbonyl (C=O) groups is 2. The molecule has 3 aromatic rings. The molecule has 30 heavy (non-hydrogen) atoms. The number of nitrogens with two attached hydrogens (primary N) is 1. The zero-order chi connectivity index (χ0) is 21.7. The SMILES string of the molecule is COc1cc(NC(=O)c2cncc(-c3ccc(C(N)=O)cc3)c2)cc(OC)c1OC. The van der Waals surface area contributed by atoms with Gasteiger partial charge in [-0.25, -0.2) is 0 Å². The molecule has 1 aromatic heterocycles. The third kappa shape index (κ3) is 4.33. The van der Waals surface area contributed by atoms with Crippen molar-refractivity contribution in [3.8, 4) is 28.4 Å². The minimum Gasteiger partial charge on any atom is -0.493 e. The van der Waals surface area contributed by atoms with Crippen molar-refractivity contribution in [1.82, 2.24) is 4.98 Å². The van der Waals surface area contributed by atoms with E-state index in [0.717, 1.165) is 11.1 Å². The maximum Gasteiger partial charge on any atom is 0.257 e. The molecule has 0 atom stereocenters. The molecule has 3 N–H and O–H groups in total. The van der Waals surface area contributed by atoms with Crippen LogP contribution in [0.5, 0.6) is 17.2 Å². The first-order valence-corrected chi connectivity index (χ1v) is 8.93. The number of anilines is 1. The molecule has 3 rings (SSSR count). The Labute approximate surface area is 173 Å². The fraction of sp³-hybridized carbons (Fsp3) is 0.136. The van der Waals surface area contributed by atoms with Crippen molar-refractivity contribution < 1.29 is 23.8 Å². The smallest absolute Gasteiger partial charge is 0.257 e. The largest absolute Gasteiger partial charge is 0.493 e. The lowest BCUT2D eigenvalue weighted by Crippen LogP contribution is -2.13. The van der Waals surface area contributed by atoms with E-state index in [1.807, 2.05) is 0 Å². The first-order chi connectivity index (χ1) is 14.5.